The quantitative estimate of drug-likeness (QED) is 0.377. The fourth-order valence-electron chi connectivity index (χ4n) is 5.84. The highest BCUT2D eigenvalue weighted by Gasteiger charge is 2.63. The minimum Gasteiger partial charge on any atom is -0.459 e. The van der Waals surface area contributed by atoms with Crippen LogP contribution in [0.15, 0.2) is 42.5 Å². The van der Waals surface area contributed by atoms with E-state index >= 15 is 4.39 Å². The van der Waals surface area contributed by atoms with Crippen molar-refractivity contribution in [1.29, 1.82) is 0 Å². The molecular weight excluding hydrogens is 517 g/mol. The Morgan fingerprint density at radius 3 is 2.24 bits per heavy atom. The zero-order chi connectivity index (χ0) is 27.8. The molecule has 0 saturated carbocycles. The molecule has 0 unspecified atom stereocenters. The van der Waals surface area contributed by atoms with Crippen molar-refractivity contribution >= 4 is 29.2 Å². The first kappa shape index (κ1) is 29.8. The topological polar surface area (TPSA) is 55.6 Å². The minimum absolute atomic E-state index is 0.00552. The normalized spacial score (nSPS) is 24.9. The summed E-state index contributed by atoms with van der Waals surface area (Å²) in [5.74, 6) is -1.69. The Hall–Kier alpha value is -1.73. The summed E-state index contributed by atoms with van der Waals surface area (Å²) in [7, 11) is 0. The Labute approximate surface area is 229 Å². The molecule has 37 heavy (non-hydrogen) atoms. The molecule has 2 aromatic carbocycles. The van der Waals surface area contributed by atoms with Crippen molar-refractivity contribution in [2.75, 3.05) is 19.8 Å². The molecule has 204 valence electrons. The molecule has 4 atom stereocenters. The first-order valence-corrected chi connectivity index (χ1v) is 13.4. The van der Waals surface area contributed by atoms with Crippen LogP contribution in [-0.2, 0) is 14.9 Å². The summed E-state index contributed by atoms with van der Waals surface area (Å²) in [5, 5.41) is 0.724. The van der Waals surface area contributed by atoms with Crippen LogP contribution in [0.2, 0.25) is 10.0 Å². The van der Waals surface area contributed by atoms with E-state index in [9.17, 15) is 9.18 Å². The number of carbonyl (C=O) groups is 1. The second-order valence-corrected chi connectivity index (χ2v) is 13.0. The average molecular weight is 556 g/mol. The second kappa shape index (κ2) is 11.2. The molecule has 1 aliphatic rings. The molecule has 0 radical (unpaired) electrons. The molecule has 0 amide bonds. The molecule has 1 saturated heterocycles. The fraction of sp³-hybridized carbons (Fsp3) is 0.552. The lowest BCUT2D eigenvalue weighted by atomic mass is 9.62. The Morgan fingerprint density at radius 1 is 1.08 bits per heavy atom. The van der Waals surface area contributed by atoms with E-state index < -0.39 is 47.5 Å². The summed E-state index contributed by atoms with van der Waals surface area (Å²) in [6.07, 6.45) is 0.530. The predicted octanol–water partition coefficient (Wildman–Crippen LogP) is 6.91. The van der Waals surface area contributed by atoms with Gasteiger partial charge in [-0.25, -0.2) is 8.78 Å². The average Bonchev–Trinajstić information content (AvgIpc) is 3.02. The largest absolute Gasteiger partial charge is 0.459 e. The molecule has 1 aliphatic heterocycles. The molecular formula is C29H38Cl2F2N2O2. The van der Waals surface area contributed by atoms with Crippen LogP contribution < -0.4 is 5.73 Å². The maximum absolute atomic E-state index is 15.8. The van der Waals surface area contributed by atoms with E-state index in [0.29, 0.717) is 22.6 Å². The van der Waals surface area contributed by atoms with Crippen LogP contribution >= 0.6 is 23.2 Å². The van der Waals surface area contributed by atoms with Gasteiger partial charge < -0.3 is 10.5 Å². The van der Waals surface area contributed by atoms with Gasteiger partial charge >= 0.3 is 5.97 Å². The van der Waals surface area contributed by atoms with Gasteiger partial charge in [0.05, 0.1) is 0 Å². The molecule has 0 spiro atoms. The lowest BCUT2D eigenvalue weighted by molar-refractivity contribution is -0.161. The van der Waals surface area contributed by atoms with Crippen LogP contribution in [0, 0.1) is 11.2 Å². The van der Waals surface area contributed by atoms with Crippen LogP contribution in [0.5, 0.6) is 0 Å². The number of esters is 1. The number of carbonyl (C=O) groups excluding carboxylic acids is 1. The molecule has 2 N–H and O–H groups in total. The first-order chi connectivity index (χ1) is 17.1. The smallest absolute Gasteiger partial charge is 0.324 e. The Bertz CT molecular complexity index is 1120. The maximum atomic E-state index is 15.8. The highest BCUT2D eigenvalue weighted by molar-refractivity contribution is 6.30. The van der Waals surface area contributed by atoms with Crippen LogP contribution in [-0.4, -0.2) is 48.3 Å². The highest BCUT2D eigenvalue weighted by Crippen LogP contribution is 2.56. The van der Waals surface area contributed by atoms with E-state index in [4.69, 9.17) is 33.7 Å². The molecule has 3 rings (SSSR count). The Balaban J connectivity index is 2.43. The molecule has 0 aliphatic carbocycles. The van der Waals surface area contributed by atoms with Crippen molar-refractivity contribution in [2.45, 2.75) is 77.0 Å². The van der Waals surface area contributed by atoms with E-state index in [1.54, 1.807) is 51.1 Å². The van der Waals surface area contributed by atoms with Gasteiger partial charge in [0.25, 0.3) is 0 Å². The number of benzene rings is 2. The van der Waals surface area contributed by atoms with Crippen molar-refractivity contribution < 1.29 is 18.3 Å². The van der Waals surface area contributed by atoms with E-state index in [-0.39, 0.29) is 23.5 Å². The fourth-order valence-corrected chi connectivity index (χ4v) is 6.20. The summed E-state index contributed by atoms with van der Waals surface area (Å²) in [6.45, 7) is 10.8. The number of ether oxygens (including phenoxy) is 1. The summed E-state index contributed by atoms with van der Waals surface area (Å²) >= 11 is 12.6. The third kappa shape index (κ3) is 6.30. The van der Waals surface area contributed by atoms with Crippen molar-refractivity contribution in [3.8, 4) is 0 Å². The highest BCUT2D eigenvalue weighted by atomic mass is 35.5. The number of halogens is 4. The number of likely N-dealkylation sites (tertiary alicyclic amines) is 1. The van der Waals surface area contributed by atoms with Crippen molar-refractivity contribution in [2.24, 2.45) is 11.1 Å². The molecule has 4 nitrogen and oxygen atoms in total. The standard InChI is InChI=1S/C29H38Cl2F2N2O2/c1-27(2,3)16-23-29(17-34,21-11-10-20(31)15-22(21)33)24(18-8-7-9-19(30)14-18)25(35(23)13-12-32)26(36)37-28(4,5)6/h7-11,14-15,23-25H,12-13,16-17,34H2,1-6H3/t23-,24-,25+,29-/m0/s1. The monoisotopic (exact) mass is 554 g/mol. The number of rotatable bonds is 7. The molecule has 0 aromatic heterocycles. The maximum Gasteiger partial charge on any atom is 0.324 e. The molecule has 0 bridgehead atoms. The first-order valence-electron chi connectivity index (χ1n) is 12.6. The van der Waals surface area contributed by atoms with Gasteiger partial charge in [-0.2, -0.15) is 0 Å². The van der Waals surface area contributed by atoms with Crippen LogP contribution in [0.25, 0.3) is 0 Å². The molecule has 8 heteroatoms. The zero-order valence-corrected chi connectivity index (χ0v) is 24.0. The van der Waals surface area contributed by atoms with Crippen LogP contribution in [0.4, 0.5) is 8.78 Å². The van der Waals surface area contributed by atoms with Crippen molar-refractivity contribution in [3.05, 3.63) is 69.5 Å². The van der Waals surface area contributed by atoms with E-state index in [0.717, 1.165) is 0 Å². The van der Waals surface area contributed by atoms with Gasteiger partial charge in [-0.3, -0.25) is 9.69 Å². The number of nitrogens with zero attached hydrogens (tertiary/aromatic N) is 1. The van der Waals surface area contributed by atoms with Gasteiger partial charge in [0.15, 0.2) is 0 Å². The summed E-state index contributed by atoms with van der Waals surface area (Å²) in [5.41, 5.74) is 5.54. The third-order valence-corrected chi connectivity index (χ3v) is 7.47. The van der Waals surface area contributed by atoms with Crippen molar-refractivity contribution in [1.82, 2.24) is 4.90 Å². The predicted molar refractivity (Wildman–Crippen MR) is 147 cm³/mol. The van der Waals surface area contributed by atoms with Gasteiger partial charge in [-0.05, 0) is 68.0 Å². The molecule has 1 heterocycles. The van der Waals surface area contributed by atoms with Gasteiger partial charge in [-0.15, -0.1) is 0 Å². The Kier molecular flexibility index (Phi) is 9.00. The summed E-state index contributed by atoms with van der Waals surface area (Å²) in [4.78, 5) is 15.8. The van der Waals surface area contributed by atoms with E-state index in [1.165, 1.54) is 6.07 Å². The minimum atomic E-state index is -1.11. The van der Waals surface area contributed by atoms with Crippen molar-refractivity contribution in [3.63, 3.8) is 0 Å². The zero-order valence-electron chi connectivity index (χ0n) is 22.5. The summed E-state index contributed by atoms with van der Waals surface area (Å²) < 4.78 is 35.9. The van der Waals surface area contributed by atoms with Gasteiger partial charge in [0, 0.05) is 40.5 Å². The van der Waals surface area contributed by atoms with E-state index in [1.807, 2.05) is 11.0 Å². The number of hydrogen-bond donors (Lipinski definition) is 1. The third-order valence-electron chi connectivity index (χ3n) is 7.00. The molecule has 2 aromatic rings. The number of alkyl halides is 1. The number of nitrogens with two attached hydrogens (primary N) is 1. The van der Waals surface area contributed by atoms with Gasteiger partial charge in [-0.1, -0.05) is 62.2 Å². The second-order valence-electron chi connectivity index (χ2n) is 12.1. The van der Waals surface area contributed by atoms with Gasteiger partial charge in [0.1, 0.15) is 24.1 Å². The van der Waals surface area contributed by atoms with Crippen LogP contribution in [0.1, 0.15) is 65.0 Å². The number of hydrogen-bond acceptors (Lipinski definition) is 4. The Morgan fingerprint density at radius 2 is 1.73 bits per heavy atom. The summed E-state index contributed by atoms with van der Waals surface area (Å²) in [6, 6.07) is 10.3. The SMILES string of the molecule is CC(C)(C)C[C@@H]1N(CCF)[C@@H](C(=O)OC(C)(C)C)[C@H](c2cccc(Cl)c2)[C@@]1(CN)c1ccc(Cl)cc1F. The van der Waals surface area contributed by atoms with Crippen LogP contribution in [0.3, 0.4) is 0 Å². The lowest BCUT2D eigenvalue weighted by Crippen LogP contribution is -2.52. The molecule has 1 fully saturated rings. The van der Waals surface area contributed by atoms with Gasteiger partial charge in [0.2, 0.25) is 0 Å². The lowest BCUT2D eigenvalue weighted by Gasteiger charge is -2.43. The van der Waals surface area contributed by atoms with E-state index in [2.05, 4.69) is 20.8 Å².